The molecule has 0 saturated carbocycles. The molecule has 1 rings (SSSR count). The number of hydrogen-bond acceptors (Lipinski definition) is 4. The van der Waals surface area contributed by atoms with Crippen LogP contribution in [0.5, 0.6) is 5.75 Å². The molecule has 1 aromatic carbocycles. The number of rotatable bonds is 9. The number of amides is 1. The minimum absolute atomic E-state index is 0.0153. The molecule has 1 amide bonds. The molecule has 5 nitrogen and oxygen atoms in total. The lowest BCUT2D eigenvalue weighted by molar-refractivity contribution is -0.131. The van der Waals surface area contributed by atoms with E-state index in [1.54, 1.807) is 29.2 Å². The summed E-state index contributed by atoms with van der Waals surface area (Å²) in [5.41, 5.74) is 0.653. The summed E-state index contributed by atoms with van der Waals surface area (Å²) in [6, 6.07) is 6.96. The first-order valence-electron chi connectivity index (χ1n) is 7.21. The molecule has 0 aliphatic rings. The van der Waals surface area contributed by atoms with Crippen LogP contribution in [0.4, 0.5) is 0 Å². The number of ketones is 1. The third kappa shape index (κ3) is 5.95. The number of aliphatic hydroxyl groups excluding tert-OH is 1. The molecule has 5 heteroatoms. The number of benzene rings is 1. The van der Waals surface area contributed by atoms with E-state index in [0.717, 1.165) is 0 Å². The van der Waals surface area contributed by atoms with Crippen LogP contribution in [0.25, 0.3) is 0 Å². The number of carbonyl (C=O) groups excluding carboxylic acids is 2. The van der Waals surface area contributed by atoms with Gasteiger partial charge in [0.25, 0.3) is 0 Å². The summed E-state index contributed by atoms with van der Waals surface area (Å²) in [4.78, 5) is 24.6. The average Bonchev–Trinajstić information content (AvgIpc) is 2.49. The van der Waals surface area contributed by atoms with Gasteiger partial charge in [-0.05, 0) is 44.5 Å². The molecular formula is C16H23NO4. The predicted molar refractivity (Wildman–Crippen MR) is 80.5 cm³/mol. The summed E-state index contributed by atoms with van der Waals surface area (Å²) in [5, 5.41) is 8.86. The minimum Gasteiger partial charge on any atom is -0.494 e. The van der Waals surface area contributed by atoms with Crippen LogP contribution in [0.1, 0.15) is 37.0 Å². The number of carbonyl (C=O) groups is 2. The topological polar surface area (TPSA) is 66.8 Å². The van der Waals surface area contributed by atoms with Crippen LogP contribution >= 0.6 is 0 Å². The van der Waals surface area contributed by atoms with Crippen LogP contribution < -0.4 is 4.74 Å². The van der Waals surface area contributed by atoms with E-state index in [2.05, 4.69) is 0 Å². The minimum atomic E-state index is -0.0153. The summed E-state index contributed by atoms with van der Waals surface area (Å²) in [5.74, 6) is 0.743. The Morgan fingerprint density at radius 2 is 1.90 bits per heavy atom. The molecule has 0 heterocycles. The number of aliphatic hydroxyl groups is 1. The lowest BCUT2D eigenvalue weighted by Gasteiger charge is -2.19. The zero-order valence-electron chi connectivity index (χ0n) is 12.7. The first-order valence-corrected chi connectivity index (χ1v) is 7.21. The smallest absolute Gasteiger partial charge is 0.222 e. The molecule has 1 aromatic rings. The highest BCUT2D eigenvalue weighted by Crippen LogP contribution is 2.13. The van der Waals surface area contributed by atoms with Gasteiger partial charge >= 0.3 is 0 Å². The van der Waals surface area contributed by atoms with E-state index in [-0.39, 0.29) is 18.3 Å². The van der Waals surface area contributed by atoms with Gasteiger partial charge in [-0.25, -0.2) is 0 Å². The fourth-order valence-corrected chi connectivity index (χ4v) is 1.94. The molecule has 21 heavy (non-hydrogen) atoms. The van der Waals surface area contributed by atoms with Crippen molar-refractivity contribution in [2.24, 2.45) is 0 Å². The number of Topliss-reactive ketones (excluding diaryl/α,β-unsaturated/α-hetero) is 1. The van der Waals surface area contributed by atoms with Gasteiger partial charge in [-0.2, -0.15) is 0 Å². The van der Waals surface area contributed by atoms with E-state index in [9.17, 15) is 9.59 Å². The maximum Gasteiger partial charge on any atom is 0.222 e. The molecule has 0 fully saturated rings. The molecular weight excluding hydrogens is 270 g/mol. The highest BCUT2D eigenvalue weighted by molar-refractivity contribution is 5.94. The van der Waals surface area contributed by atoms with Gasteiger partial charge in [0.15, 0.2) is 5.78 Å². The molecule has 116 valence electrons. The van der Waals surface area contributed by atoms with Crippen molar-refractivity contribution in [2.75, 3.05) is 26.3 Å². The van der Waals surface area contributed by atoms with Crippen molar-refractivity contribution in [3.8, 4) is 5.75 Å². The van der Waals surface area contributed by atoms with Gasteiger partial charge < -0.3 is 14.7 Å². The van der Waals surface area contributed by atoms with Crippen LogP contribution in [0, 0.1) is 0 Å². The monoisotopic (exact) mass is 293 g/mol. The second-order valence-corrected chi connectivity index (χ2v) is 4.73. The molecule has 0 bridgehead atoms. The summed E-state index contributed by atoms with van der Waals surface area (Å²) in [6.45, 7) is 4.82. The standard InChI is InChI=1S/C16H23NO4/c1-3-17(10-11-18)16(20)5-4-12-21-15-8-6-14(7-9-15)13(2)19/h6-9,18H,3-5,10-12H2,1-2H3. The molecule has 0 aliphatic heterocycles. The third-order valence-electron chi connectivity index (χ3n) is 3.17. The fraction of sp³-hybridized carbons (Fsp3) is 0.500. The summed E-state index contributed by atoms with van der Waals surface area (Å²) in [6.07, 6.45) is 1.02. The van der Waals surface area contributed by atoms with Gasteiger partial charge in [0.1, 0.15) is 5.75 Å². The van der Waals surface area contributed by atoms with Crippen LogP contribution in [0.2, 0.25) is 0 Å². The Labute approximate surface area is 125 Å². The number of hydrogen-bond donors (Lipinski definition) is 1. The maximum atomic E-state index is 11.8. The van der Waals surface area contributed by atoms with Crippen molar-refractivity contribution in [1.82, 2.24) is 4.90 Å². The summed E-state index contributed by atoms with van der Waals surface area (Å²) >= 11 is 0. The van der Waals surface area contributed by atoms with Crippen molar-refractivity contribution in [2.45, 2.75) is 26.7 Å². The van der Waals surface area contributed by atoms with Crippen LogP contribution in [0.15, 0.2) is 24.3 Å². The van der Waals surface area contributed by atoms with Gasteiger partial charge in [0.05, 0.1) is 13.2 Å². The third-order valence-corrected chi connectivity index (χ3v) is 3.17. The predicted octanol–water partition coefficient (Wildman–Crippen LogP) is 1.89. The first-order chi connectivity index (χ1) is 10.1. The highest BCUT2D eigenvalue weighted by atomic mass is 16.5. The van der Waals surface area contributed by atoms with Gasteiger partial charge in [-0.15, -0.1) is 0 Å². The fourth-order valence-electron chi connectivity index (χ4n) is 1.94. The van der Waals surface area contributed by atoms with E-state index in [1.165, 1.54) is 6.92 Å². The van der Waals surface area contributed by atoms with Crippen LogP contribution in [-0.2, 0) is 4.79 Å². The molecule has 0 unspecified atom stereocenters. The number of likely N-dealkylation sites (N-methyl/N-ethyl adjacent to an activating group) is 1. The van der Waals surface area contributed by atoms with Gasteiger partial charge in [0.2, 0.25) is 5.91 Å². The number of nitrogens with zero attached hydrogens (tertiary/aromatic N) is 1. The van der Waals surface area contributed by atoms with Crippen molar-refractivity contribution in [3.05, 3.63) is 29.8 Å². The molecule has 0 saturated heterocycles. The van der Waals surface area contributed by atoms with Crippen molar-refractivity contribution in [1.29, 1.82) is 0 Å². The Bertz CT molecular complexity index is 456. The van der Waals surface area contributed by atoms with Crippen LogP contribution in [0.3, 0.4) is 0 Å². The molecule has 0 aliphatic carbocycles. The van der Waals surface area contributed by atoms with Gasteiger partial charge in [-0.1, -0.05) is 0 Å². The van der Waals surface area contributed by atoms with Gasteiger partial charge in [0, 0.05) is 25.1 Å². The second-order valence-electron chi connectivity index (χ2n) is 4.73. The Morgan fingerprint density at radius 1 is 1.24 bits per heavy atom. The Morgan fingerprint density at radius 3 is 2.43 bits per heavy atom. The molecule has 0 atom stereocenters. The SMILES string of the molecule is CCN(CCO)C(=O)CCCOc1ccc(C(C)=O)cc1. The maximum absolute atomic E-state index is 11.8. The molecule has 0 spiro atoms. The second kappa shape index (κ2) is 9.13. The van der Waals surface area contributed by atoms with Crippen molar-refractivity contribution >= 4 is 11.7 Å². The van der Waals surface area contributed by atoms with E-state index in [0.29, 0.717) is 43.9 Å². The van der Waals surface area contributed by atoms with Crippen molar-refractivity contribution < 1.29 is 19.4 Å². The zero-order chi connectivity index (χ0) is 15.7. The van der Waals surface area contributed by atoms with Gasteiger partial charge in [-0.3, -0.25) is 9.59 Å². The van der Waals surface area contributed by atoms with E-state index < -0.39 is 0 Å². The summed E-state index contributed by atoms with van der Waals surface area (Å²) < 4.78 is 5.53. The largest absolute Gasteiger partial charge is 0.494 e. The molecule has 1 N–H and O–H groups in total. The van der Waals surface area contributed by atoms with Crippen molar-refractivity contribution in [3.63, 3.8) is 0 Å². The Kier molecular flexibility index (Phi) is 7.46. The molecule has 0 radical (unpaired) electrons. The summed E-state index contributed by atoms with van der Waals surface area (Å²) in [7, 11) is 0. The van der Waals surface area contributed by atoms with E-state index in [1.807, 2.05) is 6.92 Å². The van der Waals surface area contributed by atoms with Crippen LogP contribution in [-0.4, -0.2) is 48.0 Å². The lowest BCUT2D eigenvalue weighted by Crippen LogP contribution is -2.33. The van der Waals surface area contributed by atoms with E-state index in [4.69, 9.17) is 9.84 Å². The number of ether oxygens (including phenoxy) is 1. The zero-order valence-corrected chi connectivity index (χ0v) is 12.7. The lowest BCUT2D eigenvalue weighted by atomic mass is 10.1. The van der Waals surface area contributed by atoms with E-state index >= 15 is 0 Å². The average molecular weight is 293 g/mol. The quantitative estimate of drug-likeness (QED) is 0.558. The highest BCUT2D eigenvalue weighted by Gasteiger charge is 2.10. The Hall–Kier alpha value is -1.88. The first kappa shape index (κ1) is 17.2. The normalized spacial score (nSPS) is 10.2. The molecule has 0 aromatic heterocycles. The Balaban J connectivity index is 2.30.